The smallest absolute Gasteiger partial charge is 0.379 e. The molecule has 0 saturated carbocycles. The van der Waals surface area contributed by atoms with E-state index in [0.29, 0.717) is 31.9 Å². The Morgan fingerprint density at radius 3 is 2.49 bits per heavy atom. The van der Waals surface area contributed by atoms with Crippen molar-refractivity contribution in [3.63, 3.8) is 0 Å². The highest BCUT2D eigenvalue weighted by Gasteiger charge is 2.56. The maximum absolute atomic E-state index is 15.6. The molecule has 2 atom stereocenters. The van der Waals surface area contributed by atoms with E-state index in [9.17, 15) is 18.3 Å². The maximum Gasteiger partial charge on any atom is 0.423 e. The van der Waals surface area contributed by atoms with Crippen LogP contribution in [0.1, 0.15) is 30.2 Å². The Hall–Kier alpha value is -3.28. The summed E-state index contributed by atoms with van der Waals surface area (Å²) in [7, 11) is 0. The molecule has 0 aliphatic carbocycles. The van der Waals surface area contributed by atoms with E-state index in [0.717, 1.165) is 11.7 Å². The van der Waals surface area contributed by atoms with Gasteiger partial charge in [-0.05, 0) is 42.3 Å². The van der Waals surface area contributed by atoms with E-state index in [1.54, 1.807) is 24.3 Å². The first-order valence-electron chi connectivity index (χ1n) is 12.0. The Kier molecular flexibility index (Phi) is 6.55. The second kappa shape index (κ2) is 9.55. The van der Waals surface area contributed by atoms with Gasteiger partial charge in [0.1, 0.15) is 17.1 Å². The fraction of sp³-hybridized carbons (Fsp3) is 0.385. The van der Waals surface area contributed by atoms with Crippen molar-refractivity contribution >= 4 is 5.52 Å². The second-order valence-corrected chi connectivity index (χ2v) is 9.24. The Morgan fingerprint density at radius 2 is 1.78 bits per heavy atom. The minimum absolute atomic E-state index is 0.188. The van der Waals surface area contributed by atoms with Gasteiger partial charge in [0.15, 0.2) is 0 Å². The largest absolute Gasteiger partial charge is 0.423 e. The van der Waals surface area contributed by atoms with Gasteiger partial charge in [-0.3, -0.25) is 4.90 Å². The molecule has 4 aromatic rings. The van der Waals surface area contributed by atoms with Crippen LogP contribution in [-0.4, -0.2) is 68.4 Å². The number of hydrogen-bond acceptors (Lipinski definition) is 5. The van der Waals surface area contributed by atoms with Crippen molar-refractivity contribution in [1.29, 1.82) is 0 Å². The Balaban J connectivity index is 1.78. The van der Waals surface area contributed by atoms with Crippen LogP contribution < -0.4 is 0 Å². The molecule has 1 fully saturated rings. The van der Waals surface area contributed by atoms with Gasteiger partial charge >= 0.3 is 6.18 Å². The fourth-order valence-corrected chi connectivity index (χ4v) is 5.00. The molecule has 4 heterocycles. The Bertz CT molecular complexity index is 1380. The van der Waals surface area contributed by atoms with Crippen molar-refractivity contribution in [1.82, 2.24) is 24.3 Å². The first kappa shape index (κ1) is 25.4. The maximum atomic E-state index is 15.6. The van der Waals surface area contributed by atoms with Gasteiger partial charge in [-0.15, -0.1) is 5.10 Å². The van der Waals surface area contributed by atoms with Crippen LogP contribution in [0, 0.1) is 5.82 Å². The molecule has 3 aromatic heterocycles. The summed E-state index contributed by atoms with van der Waals surface area (Å²) in [6.45, 7) is 3.45. The molecule has 1 aliphatic heterocycles. The second-order valence-electron chi connectivity index (χ2n) is 9.24. The van der Waals surface area contributed by atoms with Crippen LogP contribution in [0.5, 0.6) is 0 Å². The number of rotatable bonds is 7. The van der Waals surface area contributed by atoms with Gasteiger partial charge in [-0.1, -0.05) is 30.3 Å². The number of alkyl halides is 3. The SMILES string of the molecule is CCC(O)(c1cn(C(CN2CCOCC2)(c2ccn3cccc3c2)c2ccccc2F)nn1)C(F)(F)F. The average molecular weight is 518 g/mol. The molecular weight excluding hydrogens is 490 g/mol. The van der Waals surface area contributed by atoms with Crippen LogP contribution in [-0.2, 0) is 15.9 Å². The lowest BCUT2D eigenvalue weighted by Gasteiger charge is -2.40. The molecule has 0 spiro atoms. The van der Waals surface area contributed by atoms with Crippen LogP contribution in [0.25, 0.3) is 5.52 Å². The van der Waals surface area contributed by atoms with Crippen LogP contribution in [0.3, 0.4) is 0 Å². The Labute approximate surface area is 210 Å². The molecule has 0 amide bonds. The van der Waals surface area contributed by atoms with E-state index in [-0.39, 0.29) is 12.1 Å². The summed E-state index contributed by atoms with van der Waals surface area (Å²) >= 11 is 0. The summed E-state index contributed by atoms with van der Waals surface area (Å²) in [4.78, 5) is 2.06. The van der Waals surface area contributed by atoms with Gasteiger partial charge < -0.3 is 14.2 Å². The molecule has 2 unspecified atom stereocenters. The molecule has 11 heteroatoms. The first-order chi connectivity index (χ1) is 17.7. The third-order valence-electron chi connectivity index (χ3n) is 7.17. The van der Waals surface area contributed by atoms with Crippen LogP contribution in [0.4, 0.5) is 17.6 Å². The lowest BCUT2D eigenvalue weighted by atomic mass is 9.81. The number of aliphatic hydroxyl groups is 1. The standard InChI is InChI=1S/C26H27F4N5O2/c1-2-25(36,26(28,29)30)23-17-35(32-31-23)24(18-33-12-14-37-15-13-33,21-7-3-4-8-22(21)27)19-9-11-34-10-5-6-20(34)16-19/h3-11,16-17,36H,2,12-15,18H2,1H3. The predicted octanol–water partition coefficient (Wildman–Crippen LogP) is 3.95. The zero-order chi connectivity index (χ0) is 26.3. The molecule has 37 heavy (non-hydrogen) atoms. The van der Waals surface area contributed by atoms with Gasteiger partial charge in [0, 0.05) is 43.1 Å². The number of hydrogen-bond donors (Lipinski definition) is 1. The predicted molar refractivity (Wildman–Crippen MR) is 127 cm³/mol. The number of aromatic nitrogens is 4. The van der Waals surface area contributed by atoms with E-state index in [4.69, 9.17) is 4.74 Å². The van der Waals surface area contributed by atoms with Crippen molar-refractivity contribution in [2.24, 2.45) is 0 Å². The molecule has 1 N–H and O–H groups in total. The molecular formula is C26H27F4N5O2. The summed E-state index contributed by atoms with van der Waals surface area (Å²) in [5.74, 6) is -0.537. The molecule has 196 valence electrons. The lowest BCUT2D eigenvalue weighted by Crippen LogP contribution is -2.51. The van der Waals surface area contributed by atoms with Crippen LogP contribution in [0.2, 0.25) is 0 Å². The van der Waals surface area contributed by atoms with E-state index in [1.807, 2.05) is 35.0 Å². The van der Waals surface area contributed by atoms with Crippen molar-refractivity contribution in [3.05, 3.63) is 89.8 Å². The van der Waals surface area contributed by atoms with Crippen molar-refractivity contribution < 1.29 is 27.4 Å². The molecule has 5 rings (SSSR count). The number of halogens is 4. The zero-order valence-electron chi connectivity index (χ0n) is 20.2. The van der Waals surface area contributed by atoms with Crippen molar-refractivity contribution in [2.45, 2.75) is 30.7 Å². The first-order valence-corrected chi connectivity index (χ1v) is 12.0. The van der Waals surface area contributed by atoms with Gasteiger partial charge in [0.2, 0.25) is 5.60 Å². The summed E-state index contributed by atoms with van der Waals surface area (Å²) < 4.78 is 66.0. The zero-order valence-corrected chi connectivity index (χ0v) is 20.2. The van der Waals surface area contributed by atoms with Gasteiger partial charge in [-0.2, -0.15) is 13.2 Å². The highest BCUT2D eigenvalue weighted by molar-refractivity contribution is 5.53. The third-order valence-corrected chi connectivity index (χ3v) is 7.17. The summed E-state index contributed by atoms with van der Waals surface area (Å²) in [6, 6.07) is 13.6. The minimum atomic E-state index is -4.97. The van der Waals surface area contributed by atoms with Gasteiger partial charge in [-0.25, -0.2) is 9.07 Å². The van der Waals surface area contributed by atoms with E-state index in [2.05, 4.69) is 15.2 Å². The van der Waals surface area contributed by atoms with Gasteiger partial charge in [0.25, 0.3) is 0 Å². The van der Waals surface area contributed by atoms with E-state index >= 15 is 4.39 Å². The summed E-state index contributed by atoms with van der Waals surface area (Å²) in [6.07, 6.45) is -0.856. The fourth-order valence-electron chi connectivity index (χ4n) is 5.00. The van der Waals surface area contributed by atoms with Crippen LogP contribution in [0.15, 0.2) is 67.1 Å². The molecule has 1 saturated heterocycles. The number of pyridine rings is 1. The normalized spacial score (nSPS) is 18.5. The number of ether oxygens (including phenoxy) is 1. The molecule has 0 bridgehead atoms. The lowest BCUT2D eigenvalue weighted by molar-refractivity contribution is -0.269. The highest BCUT2D eigenvalue weighted by atomic mass is 19.4. The minimum Gasteiger partial charge on any atom is -0.379 e. The molecule has 1 aliphatic rings. The summed E-state index contributed by atoms with van der Waals surface area (Å²) in [5.41, 5.74) is -3.59. The van der Waals surface area contributed by atoms with E-state index < -0.39 is 35.2 Å². The van der Waals surface area contributed by atoms with E-state index in [1.165, 1.54) is 17.7 Å². The number of nitrogens with zero attached hydrogens (tertiary/aromatic N) is 5. The van der Waals surface area contributed by atoms with Crippen molar-refractivity contribution in [3.8, 4) is 0 Å². The molecule has 0 radical (unpaired) electrons. The van der Waals surface area contributed by atoms with Gasteiger partial charge in [0.05, 0.1) is 19.4 Å². The number of benzene rings is 1. The Morgan fingerprint density at radius 1 is 1.03 bits per heavy atom. The molecule has 7 nitrogen and oxygen atoms in total. The monoisotopic (exact) mass is 517 g/mol. The number of fused-ring (bicyclic) bond motifs is 1. The quantitative estimate of drug-likeness (QED) is 0.376. The topological polar surface area (TPSA) is 67.8 Å². The highest BCUT2D eigenvalue weighted by Crippen LogP contribution is 2.42. The summed E-state index contributed by atoms with van der Waals surface area (Å²) in [5, 5.41) is 18.5. The third kappa shape index (κ3) is 4.30. The van der Waals surface area contributed by atoms with Crippen molar-refractivity contribution in [2.75, 3.05) is 32.8 Å². The number of morpholine rings is 1. The molecule has 1 aromatic carbocycles. The van der Waals surface area contributed by atoms with Crippen LogP contribution >= 0.6 is 0 Å². The average Bonchev–Trinajstić information content (AvgIpc) is 3.57.